The van der Waals surface area contributed by atoms with Gasteiger partial charge in [-0.15, -0.1) is 0 Å². The fourth-order valence-corrected chi connectivity index (χ4v) is 2.62. The molecule has 0 spiro atoms. The number of benzene rings is 2. The molecule has 3 aromatic carbocycles. The van der Waals surface area contributed by atoms with Gasteiger partial charge in [0, 0.05) is 11.7 Å². The van der Waals surface area contributed by atoms with Gasteiger partial charge in [-0.25, -0.2) is 0 Å². The van der Waals surface area contributed by atoms with E-state index in [4.69, 9.17) is 0 Å². The Bertz CT molecular complexity index is 1000. The molecule has 0 bridgehead atoms. The van der Waals surface area contributed by atoms with Gasteiger partial charge in [0.15, 0.2) is 0 Å². The van der Waals surface area contributed by atoms with Crippen LogP contribution in [0.15, 0.2) is 52.1 Å². The van der Waals surface area contributed by atoms with Crippen LogP contribution < -0.4 is 21.5 Å². The predicted octanol–water partition coefficient (Wildman–Crippen LogP) is 2.92. The Morgan fingerprint density at radius 2 is 1.68 bits per heavy atom. The van der Waals surface area contributed by atoms with Gasteiger partial charge in [-0.2, -0.15) is 0 Å². The maximum Gasteiger partial charge on any atom is 0.253 e. The minimum Gasteiger partial charge on any atom is -0.508 e. The number of phenols is 2. The van der Waals surface area contributed by atoms with Gasteiger partial charge in [-0.1, -0.05) is 12.1 Å². The minimum atomic E-state index is -0.587. The molecule has 1 atom stereocenters. The molecule has 0 aliphatic rings. The lowest BCUT2D eigenvalue weighted by molar-refractivity contribution is 0.471. The lowest BCUT2D eigenvalue weighted by Gasteiger charge is -2.20. The van der Waals surface area contributed by atoms with E-state index >= 15 is 0 Å². The van der Waals surface area contributed by atoms with Gasteiger partial charge in [-0.3, -0.25) is 9.59 Å². The third-order valence-electron chi connectivity index (χ3n) is 4.11. The maximum absolute atomic E-state index is 11.9. The molecule has 0 aliphatic carbocycles. The van der Waals surface area contributed by atoms with Crippen molar-refractivity contribution in [2.24, 2.45) is 0 Å². The Labute approximate surface area is 144 Å². The van der Waals surface area contributed by atoms with Crippen LogP contribution in [-0.4, -0.2) is 10.2 Å². The summed E-state index contributed by atoms with van der Waals surface area (Å²) in [6.07, 6.45) is 0. The normalized spacial score (nSPS) is 12.1. The fraction of sp³-hybridized carbons (Fsp3) is 0.158. The second-order valence-corrected chi connectivity index (χ2v) is 6.00. The Morgan fingerprint density at radius 1 is 0.960 bits per heavy atom. The molecule has 6 nitrogen and oxygen atoms in total. The molecular weight excluding hydrogens is 320 g/mol. The first-order valence-corrected chi connectivity index (χ1v) is 7.82. The fourth-order valence-electron chi connectivity index (χ4n) is 2.62. The monoisotopic (exact) mass is 338 g/mol. The number of aryl methyl sites for hydroxylation is 1. The van der Waals surface area contributed by atoms with Gasteiger partial charge >= 0.3 is 0 Å². The van der Waals surface area contributed by atoms with Crippen LogP contribution in [0.25, 0.3) is 0 Å². The summed E-state index contributed by atoms with van der Waals surface area (Å²) in [6.45, 7) is 3.58. The van der Waals surface area contributed by atoms with Crippen LogP contribution in [0, 0.1) is 6.92 Å². The summed E-state index contributed by atoms with van der Waals surface area (Å²) in [4.78, 5) is 23.8. The zero-order chi connectivity index (χ0) is 18.1. The first-order valence-electron chi connectivity index (χ1n) is 7.82. The van der Waals surface area contributed by atoms with Crippen LogP contribution in [0.4, 0.5) is 17.1 Å². The van der Waals surface area contributed by atoms with Crippen molar-refractivity contribution < 1.29 is 10.2 Å². The van der Waals surface area contributed by atoms with E-state index in [-0.39, 0.29) is 28.9 Å². The third-order valence-corrected chi connectivity index (χ3v) is 4.11. The molecule has 1 unspecified atom stereocenters. The van der Waals surface area contributed by atoms with Crippen LogP contribution in [0.5, 0.6) is 11.5 Å². The van der Waals surface area contributed by atoms with Crippen molar-refractivity contribution in [3.8, 4) is 11.5 Å². The number of hydrogen-bond acceptors (Lipinski definition) is 6. The van der Waals surface area contributed by atoms with E-state index in [9.17, 15) is 19.8 Å². The molecule has 0 aromatic heterocycles. The molecule has 0 fully saturated rings. The average Bonchev–Trinajstić information content (AvgIpc) is 2.60. The minimum absolute atomic E-state index is 0.133. The van der Waals surface area contributed by atoms with Crippen molar-refractivity contribution in [3.63, 3.8) is 0 Å². The summed E-state index contributed by atoms with van der Waals surface area (Å²) in [5, 5.41) is 25.1. The molecule has 3 aromatic rings. The van der Waals surface area contributed by atoms with E-state index in [1.807, 2.05) is 13.0 Å². The van der Waals surface area contributed by atoms with Crippen LogP contribution in [0.2, 0.25) is 0 Å². The largest absolute Gasteiger partial charge is 0.508 e. The molecule has 128 valence electrons. The molecule has 0 radical (unpaired) electrons. The first-order chi connectivity index (χ1) is 11.9. The quantitative estimate of drug-likeness (QED) is 0.422. The predicted molar refractivity (Wildman–Crippen MR) is 97.6 cm³/mol. The third kappa shape index (κ3) is 3.19. The SMILES string of the molecule is Cc1cc(Nc2c(NC(C)c3cccc(O)c3)c(=O)c2=O)ccc1O. The standard InChI is InChI=1S/C19H18N2O4/c1-10-8-13(6-7-15(10)23)21-17-16(18(24)19(17)25)20-11(2)12-4-3-5-14(22)9-12/h3-9,11,20-23H,1-2H3. The lowest BCUT2D eigenvalue weighted by atomic mass is 10.1. The molecule has 6 heteroatoms. The van der Waals surface area contributed by atoms with E-state index in [0.29, 0.717) is 11.3 Å². The second kappa shape index (κ2) is 6.32. The van der Waals surface area contributed by atoms with E-state index in [2.05, 4.69) is 10.6 Å². The van der Waals surface area contributed by atoms with Crippen molar-refractivity contribution in [1.82, 2.24) is 0 Å². The molecule has 4 N–H and O–H groups in total. The van der Waals surface area contributed by atoms with Crippen molar-refractivity contribution in [1.29, 1.82) is 0 Å². The summed E-state index contributed by atoms with van der Waals surface area (Å²) >= 11 is 0. The van der Waals surface area contributed by atoms with Gasteiger partial charge < -0.3 is 20.8 Å². The van der Waals surface area contributed by atoms with E-state index in [1.165, 1.54) is 6.07 Å². The number of anilines is 3. The Hall–Kier alpha value is -3.28. The second-order valence-electron chi connectivity index (χ2n) is 6.00. The Morgan fingerprint density at radius 3 is 2.36 bits per heavy atom. The summed E-state index contributed by atoms with van der Waals surface area (Å²) in [5.41, 5.74) is 1.30. The van der Waals surface area contributed by atoms with Gasteiger partial charge in [-0.05, 0) is 55.3 Å². The van der Waals surface area contributed by atoms with E-state index in [1.54, 1.807) is 37.3 Å². The molecular formula is C19H18N2O4. The molecule has 25 heavy (non-hydrogen) atoms. The van der Waals surface area contributed by atoms with Crippen molar-refractivity contribution in [3.05, 3.63) is 74.0 Å². The highest BCUT2D eigenvalue weighted by Crippen LogP contribution is 2.28. The average molecular weight is 338 g/mol. The molecule has 0 heterocycles. The van der Waals surface area contributed by atoms with Crippen molar-refractivity contribution in [2.75, 3.05) is 10.6 Å². The summed E-state index contributed by atoms with van der Waals surface area (Å²) in [7, 11) is 0. The summed E-state index contributed by atoms with van der Waals surface area (Å²) in [6, 6.07) is 11.3. The van der Waals surface area contributed by atoms with Gasteiger partial charge in [0.05, 0.1) is 0 Å². The zero-order valence-electron chi connectivity index (χ0n) is 13.8. The van der Waals surface area contributed by atoms with Crippen molar-refractivity contribution >= 4 is 17.1 Å². The van der Waals surface area contributed by atoms with E-state index < -0.39 is 10.9 Å². The van der Waals surface area contributed by atoms with Crippen LogP contribution in [0.3, 0.4) is 0 Å². The van der Waals surface area contributed by atoms with Gasteiger partial charge in [0.25, 0.3) is 10.9 Å². The highest BCUT2D eigenvalue weighted by Gasteiger charge is 2.23. The van der Waals surface area contributed by atoms with Crippen LogP contribution in [0.1, 0.15) is 24.1 Å². The Kier molecular flexibility index (Phi) is 4.19. The number of rotatable bonds is 5. The Balaban J connectivity index is 1.84. The zero-order valence-corrected chi connectivity index (χ0v) is 13.8. The number of hydrogen-bond donors (Lipinski definition) is 4. The molecule has 0 aliphatic heterocycles. The van der Waals surface area contributed by atoms with Crippen molar-refractivity contribution in [2.45, 2.75) is 19.9 Å². The topological polar surface area (TPSA) is 98.7 Å². The summed E-state index contributed by atoms with van der Waals surface area (Å²) < 4.78 is 0. The highest BCUT2D eigenvalue weighted by atomic mass is 16.3. The van der Waals surface area contributed by atoms with Crippen LogP contribution >= 0.6 is 0 Å². The van der Waals surface area contributed by atoms with E-state index in [0.717, 1.165) is 5.56 Å². The molecule has 0 amide bonds. The van der Waals surface area contributed by atoms with Gasteiger partial charge in [0.1, 0.15) is 22.9 Å². The summed E-state index contributed by atoms with van der Waals surface area (Å²) in [5.74, 6) is 0.292. The molecule has 0 saturated heterocycles. The first kappa shape index (κ1) is 16.6. The number of aromatic hydroxyl groups is 2. The number of phenolic OH excluding ortho intramolecular Hbond substituents is 2. The number of nitrogens with one attached hydrogen (secondary N) is 2. The molecule has 0 saturated carbocycles. The van der Waals surface area contributed by atoms with Crippen LogP contribution in [-0.2, 0) is 0 Å². The van der Waals surface area contributed by atoms with Gasteiger partial charge in [0.2, 0.25) is 0 Å². The molecule has 3 rings (SSSR count). The smallest absolute Gasteiger partial charge is 0.253 e. The highest BCUT2D eigenvalue weighted by molar-refractivity contribution is 5.79. The maximum atomic E-state index is 11.9. The lowest BCUT2D eigenvalue weighted by Crippen LogP contribution is -2.37.